The van der Waals surface area contributed by atoms with Crippen molar-refractivity contribution in [3.05, 3.63) is 53.4 Å². The van der Waals surface area contributed by atoms with Gasteiger partial charge in [0.25, 0.3) is 0 Å². The van der Waals surface area contributed by atoms with Crippen molar-refractivity contribution in [3.63, 3.8) is 0 Å². The van der Waals surface area contributed by atoms with Crippen molar-refractivity contribution in [2.45, 2.75) is 62.4 Å². The molecule has 2 aromatic heterocycles. The number of halogens is 3. The number of piperazine rings is 1. The lowest BCUT2D eigenvalue weighted by Gasteiger charge is -2.42. The van der Waals surface area contributed by atoms with Gasteiger partial charge in [0, 0.05) is 49.0 Å². The number of aromatic nitrogens is 3. The summed E-state index contributed by atoms with van der Waals surface area (Å²) in [6.45, 7) is -1.61. The van der Waals surface area contributed by atoms with E-state index in [2.05, 4.69) is 26.1 Å². The van der Waals surface area contributed by atoms with Crippen molar-refractivity contribution >= 4 is 27.5 Å². The number of phenolic OH excluding ortho intramolecular Hbond substituents is 1. The molecule has 4 fully saturated rings. The lowest BCUT2D eigenvalue weighted by molar-refractivity contribution is 0.108. The molecule has 6 heterocycles. The fourth-order valence-corrected chi connectivity index (χ4v) is 8.30. The quantitative estimate of drug-likeness (QED) is 0.229. The molecule has 2 bridgehead atoms. The van der Waals surface area contributed by atoms with Crippen molar-refractivity contribution in [3.8, 4) is 41.2 Å². The summed E-state index contributed by atoms with van der Waals surface area (Å²) in [6.07, 6.45) is 6.42. The number of rotatable bonds is 7. The first-order valence-electron chi connectivity index (χ1n) is 18.7. The predicted molar refractivity (Wildman–Crippen MR) is 181 cm³/mol. The average molecular weight is 676 g/mol. The molecule has 2 aromatic carbocycles. The molecule has 9 nitrogen and oxygen atoms in total. The maximum atomic E-state index is 17.3. The molecule has 49 heavy (non-hydrogen) atoms. The molecule has 4 saturated heterocycles. The molecule has 12 heteroatoms. The van der Waals surface area contributed by atoms with Gasteiger partial charge < -0.3 is 24.8 Å². The van der Waals surface area contributed by atoms with Gasteiger partial charge in [0.1, 0.15) is 40.6 Å². The van der Waals surface area contributed by atoms with Crippen LogP contribution in [-0.4, -0.2) is 82.0 Å². The molecule has 0 radical (unpaired) electrons. The van der Waals surface area contributed by atoms with E-state index in [1.165, 1.54) is 25.3 Å². The highest BCUT2D eigenvalue weighted by Gasteiger charge is 2.48. The molecule has 2 N–H and O–H groups in total. The van der Waals surface area contributed by atoms with E-state index in [1.807, 2.05) is 0 Å². The minimum absolute atomic E-state index is 0.00831. The smallest absolute Gasteiger partial charge is 0.319 e. The van der Waals surface area contributed by atoms with E-state index < -0.39 is 35.9 Å². The minimum Gasteiger partial charge on any atom is -0.508 e. The van der Waals surface area contributed by atoms with Crippen LogP contribution in [-0.2, 0) is 0 Å². The molecule has 4 aromatic rings. The SMILES string of the molecule is [2H]C([2H])([2H])C([2H])([2H])[C@@]12CC[C@@H](CN(c3nc(OC[C@@]45CCCN4C/C(=C/F)C5)nc4c(F)c(-c5cc(O)cc6ccc(F)c(C#C)c56)nc(OC)c34)C1)N2. The number of fused-ring (bicyclic) bond motifs is 5. The summed E-state index contributed by atoms with van der Waals surface area (Å²) >= 11 is 0. The fourth-order valence-electron chi connectivity index (χ4n) is 8.30. The predicted octanol–water partition coefficient (Wildman–Crippen LogP) is 6.01. The Morgan fingerprint density at radius 1 is 1.24 bits per heavy atom. The molecule has 0 amide bonds. The average Bonchev–Trinajstić information content (AvgIpc) is 3.80. The molecule has 3 atom stereocenters. The Kier molecular flexibility index (Phi) is 6.32. The Morgan fingerprint density at radius 2 is 2.12 bits per heavy atom. The van der Waals surface area contributed by atoms with Gasteiger partial charge in [0.05, 0.1) is 24.5 Å². The summed E-state index contributed by atoms with van der Waals surface area (Å²) in [7, 11) is 1.31. The maximum absolute atomic E-state index is 17.3. The Balaban J connectivity index is 1.33. The molecule has 4 aliphatic rings. The van der Waals surface area contributed by atoms with Gasteiger partial charge in [-0.15, -0.1) is 6.42 Å². The normalized spacial score (nSPS) is 27.8. The molecular formula is C37H37F3N6O3. The van der Waals surface area contributed by atoms with Gasteiger partial charge >= 0.3 is 6.01 Å². The first-order valence-corrected chi connectivity index (χ1v) is 16.2. The standard InChI is InChI=1S/C37H37F3N6O3/c1-4-25-27(39)8-7-22-13-24(47)14-26(28(22)25)31-30(40)32-29(34(41-31)48-3)33(45-18-23-9-11-36(5-2,19-45)44-23)43-35(42-32)49-20-37-10-6-12-46(37)17-21(15-37)16-38/h1,7-8,13-14,16,23,44,47H,5-6,9-12,15,17-20H2,2-3H3/b21-16+/t23-,36+,37-/m0/s1/i2D3,5D2. The van der Waals surface area contributed by atoms with Crippen LogP contribution in [0.2, 0.25) is 0 Å². The number of nitrogens with zero attached hydrogens (tertiary/aromatic N) is 5. The number of hydrogen-bond acceptors (Lipinski definition) is 9. The fraction of sp³-hybridized carbons (Fsp3) is 0.432. The zero-order valence-electron chi connectivity index (χ0n) is 31.7. The van der Waals surface area contributed by atoms with Crippen molar-refractivity contribution in [1.29, 1.82) is 0 Å². The van der Waals surface area contributed by atoms with Crippen LogP contribution in [0.5, 0.6) is 17.6 Å². The van der Waals surface area contributed by atoms with Gasteiger partial charge in [-0.2, -0.15) is 9.97 Å². The van der Waals surface area contributed by atoms with E-state index in [0.29, 0.717) is 36.7 Å². The summed E-state index contributed by atoms with van der Waals surface area (Å²) in [6, 6.07) is 4.58. The number of nitrogens with one attached hydrogen (secondary N) is 1. The summed E-state index contributed by atoms with van der Waals surface area (Å²) in [5.74, 6) is 0.271. The lowest BCUT2D eigenvalue weighted by atomic mass is 9.93. The number of methoxy groups -OCH3 is 1. The first-order chi connectivity index (χ1) is 25.6. The van der Waals surface area contributed by atoms with Crippen LogP contribution < -0.4 is 19.7 Å². The summed E-state index contributed by atoms with van der Waals surface area (Å²) < 4.78 is 99.9. The van der Waals surface area contributed by atoms with E-state index in [1.54, 1.807) is 4.90 Å². The van der Waals surface area contributed by atoms with E-state index in [0.717, 1.165) is 25.5 Å². The van der Waals surface area contributed by atoms with E-state index in [9.17, 15) is 9.50 Å². The molecule has 0 spiro atoms. The molecule has 4 aliphatic heterocycles. The van der Waals surface area contributed by atoms with Crippen molar-refractivity contribution in [2.75, 3.05) is 44.8 Å². The third-order valence-corrected chi connectivity index (χ3v) is 10.5. The second-order valence-electron chi connectivity index (χ2n) is 13.4. The van der Waals surface area contributed by atoms with Crippen LogP contribution >= 0.6 is 0 Å². The molecule has 254 valence electrons. The number of benzene rings is 2. The second-order valence-corrected chi connectivity index (χ2v) is 13.4. The van der Waals surface area contributed by atoms with Gasteiger partial charge in [0.15, 0.2) is 5.82 Å². The van der Waals surface area contributed by atoms with Crippen LogP contribution in [0, 0.1) is 24.0 Å². The van der Waals surface area contributed by atoms with Crippen molar-refractivity contribution < 1.29 is 34.6 Å². The third-order valence-electron chi connectivity index (χ3n) is 10.5. The summed E-state index contributed by atoms with van der Waals surface area (Å²) in [4.78, 5) is 17.7. The van der Waals surface area contributed by atoms with Crippen LogP contribution in [0.1, 0.15) is 57.7 Å². The number of aromatic hydroxyl groups is 1. The number of ether oxygens (including phenoxy) is 2. The Hall–Kier alpha value is -4.60. The van der Waals surface area contributed by atoms with Gasteiger partial charge in [-0.05, 0) is 74.2 Å². The van der Waals surface area contributed by atoms with Crippen LogP contribution in [0.4, 0.5) is 19.0 Å². The highest BCUT2D eigenvalue weighted by molar-refractivity contribution is 6.04. The zero-order chi connectivity index (χ0) is 38.4. The molecule has 8 rings (SSSR count). The molecule has 0 unspecified atom stereocenters. The highest BCUT2D eigenvalue weighted by Crippen LogP contribution is 2.45. The summed E-state index contributed by atoms with van der Waals surface area (Å²) in [5.41, 5.74) is -2.27. The van der Waals surface area contributed by atoms with Crippen LogP contribution in [0.25, 0.3) is 32.9 Å². The number of anilines is 1. The Bertz CT molecular complexity index is 2290. The topological polar surface area (TPSA) is 95.9 Å². The molecular weight excluding hydrogens is 633 g/mol. The van der Waals surface area contributed by atoms with E-state index in [4.69, 9.17) is 27.7 Å². The van der Waals surface area contributed by atoms with Crippen LogP contribution in [0.3, 0.4) is 0 Å². The van der Waals surface area contributed by atoms with Crippen molar-refractivity contribution in [2.24, 2.45) is 0 Å². The summed E-state index contributed by atoms with van der Waals surface area (Å²) in [5, 5.41) is 14.4. The third kappa shape index (κ3) is 5.05. The Labute approximate surface area is 289 Å². The zero-order valence-corrected chi connectivity index (χ0v) is 26.7. The number of pyridine rings is 1. The van der Waals surface area contributed by atoms with Gasteiger partial charge in [-0.1, -0.05) is 18.8 Å². The monoisotopic (exact) mass is 675 g/mol. The minimum atomic E-state index is -2.97. The van der Waals surface area contributed by atoms with Crippen molar-refractivity contribution in [1.82, 2.24) is 25.2 Å². The second kappa shape index (κ2) is 11.8. The molecule has 0 aliphatic carbocycles. The van der Waals surface area contributed by atoms with Gasteiger partial charge in [0.2, 0.25) is 5.88 Å². The largest absolute Gasteiger partial charge is 0.508 e. The number of phenols is 1. The number of hydrogen-bond donors (Lipinski definition) is 2. The first kappa shape index (κ1) is 26.3. The number of terminal acetylenes is 1. The van der Waals surface area contributed by atoms with E-state index >= 15 is 8.78 Å². The van der Waals surface area contributed by atoms with Gasteiger partial charge in [-0.25, -0.2) is 18.2 Å². The Morgan fingerprint density at radius 3 is 2.92 bits per heavy atom. The maximum Gasteiger partial charge on any atom is 0.319 e. The lowest BCUT2D eigenvalue weighted by Crippen LogP contribution is -2.59. The highest BCUT2D eigenvalue weighted by atomic mass is 19.1. The van der Waals surface area contributed by atoms with E-state index in [-0.39, 0.29) is 88.7 Å². The van der Waals surface area contributed by atoms with Gasteiger partial charge in [-0.3, -0.25) is 4.90 Å². The van der Waals surface area contributed by atoms with Crippen LogP contribution in [0.15, 0.2) is 36.2 Å². The molecule has 0 saturated carbocycles.